The van der Waals surface area contributed by atoms with Crippen molar-refractivity contribution in [3.05, 3.63) is 0 Å². The molecule has 0 heterocycles. The molecule has 0 unspecified atom stereocenters. The van der Waals surface area contributed by atoms with Gasteiger partial charge in [0.15, 0.2) is 0 Å². The lowest BCUT2D eigenvalue weighted by atomic mass is 9.87. The van der Waals surface area contributed by atoms with Crippen LogP contribution < -0.4 is 5.73 Å². The van der Waals surface area contributed by atoms with Crippen molar-refractivity contribution in [3.63, 3.8) is 0 Å². The molecule has 1 amide bonds. The summed E-state index contributed by atoms with van der Waals surface area (Å²) in [4.78, 5) is 10.3. The number of carbonyl (C=O) groups is 1. The molecule has 0 aromatic rings. The molecular weight excluding hydrogens is 150 g/mol. The second-order valence-electron chi connectivity index (χ2n) is 3.37. The summed E-state index contributed by atoms with van der Waals surface area (Å²) >= 11 is 0. The largest absolute Gasteiger partial charge is 0.359 e. The summed E-state index contributed by atoms with van der Waals surface area (Å²) in [5.74, 6) is 5.42. The summed E-state index contributed by atoms with van der Waals surface area (Å²) in [5.41, 5.74) is 4.90. The predicted octanol–water partition coefficient (Wildman–Crippen LogP) is 1.45. The molecule has 0 spiro atoms. The van der Waals surface area contributed by atoms with Crippen LogP contribution in [-0.2, 0) is 4.79 Å². The van der Waals surface area contributed by atoms with Crippen LogP contribution in [-0.4, -0.2) is 5.91 Å². The highest BCUT2D eigenvalue weighted by molar-refractivity contribution is 5.91. The first-order valence-corrected chi connectivity index (χ1v) is 4.57. The van der Waals surface area contributed by atoms with E-state index in [1.54, 1.807) is 0 Å². The van der Waals surface area contributed by atoms with Crippen molar-refractivity contribution in [2.45, 2.75) is 38.5 Å². The van der Waals surface area contributed by atoms with Crippen molar-refractivity contribution in [1.82, 2.24) is 0 Å². The molecule has 0 aromatic heterocycles. The van der Waals surface area contributed by atoms with Gasteiger partial charge in [-0.25, -0.2) is 0 Å². The van der Waals surface area contributed by atoms with E-state index < -0.39 is 5.91 Å². The van der Waals surface area contributed by atoms with Crippen LogP contribution in [0.4, 0.5) is 0 Å². The van der Waals surface area contributed by atoms with Crippen LogP contribution in [0.2, 0.25) is 0 Å². The second-order valence-corrected chi connectivity index (χ2v) is 3.37. The highest BCUT2D eigenvalue weighted by Gasteiger charge is 2.11. The Kier molecular flexibility index (Phi) is 3.66. The number of primary amides is 1. The van der Waals surface area contributed by atoms with Crippen LogP contribution in [0.25, 0.3) is 0 Å². The highest BCUT2D eigenvalue weighted by Crippen LogP contribution is 2.25. The molecule has 1 aliphatic rings. The molecule has 1 saturated carbocycles. The van der Waals surface area contributed by atoms with Gasteiger partial charge in [-0.05, 0) is 24.7 Å². The van der Waals surface area contributed by atoms with Gasteiger partial charge in [-0.2, -0.15) is 0 Å². The molecule has 12 heavy (non-hydrogen) atoms. The maximum Gasteiger partial charge on any atom is 0.293 e. The molecule has 0 radical (unpaired) electrons. The van der Waals surface area contributed by atoms with Gasteiger partial charge in [-0.15, -0.1) is 0 Å². The minimum Gasteiger partial charge on any atom is -0.359 e. The summed E-state index contributed by atoms with van der Waals surface area (Å²) in [6.45, 7) is 0. The third-order valence-corrected chi connectivity index (χ3v) is 2.33. The SMILES string of the molecule is NC(=O)C#CCC1CCCCC1. The minimum atomic E-state index is -0.509. The topological polar surface area (TPSA) is 43.1 Å². The van der Waals surface area contributed by atoms with Crippen LogP contribution in [0.5, 0.6) is 0 Å². The van der Waals surface area contributed by atoms with E-state index in [1.807, 2.05) is 0 Å². The van der Waals surface area contributed by atoms with Crippen molar-refractivity contribution in [1.29, 1.82) is 0 Å². The van der Waals surface area contributed by atoms with Gasteiger partial charge in [0.25, 0.3) is 5.91 Å². The Balaban J connectivity index is 2.22. The van der Waals surface area contributed by atoms with E-state index in [0.717, 1.165) is 6.42 Å². The Bertz CT molecular complexity index is 206. The summed E-state index contributed by atoms with van der Waals surface area (Å²) in [7, 11) is 0. The molecule has 0 saturated heterocycles. The third-order valence-electron chi connectivity index (χ3n) is 2.33. The Labute approximate surface area is 73.5 Å². The third kappa shape index (κ3) is 3.43. The normalized spacial score (nSPS) is 18.0. The first kappa shape index (κ1) is 9.12. The van der Waals surface area contributed by atoms with E-state index >= 15 is 0 Å². The Hall–Kier alpha value is -0.970. The van der Waals surface area contributed by atoms with Gasteiger partial charge in [-0.3, -0.25) is 4.79 Å². The first-order chi connectivity index (χ1) is 5.79. The van der Waals surface area contributed by atoms with Crippen molar-refractivity contribution in [2.24, 2.45) is 11.7 Å². The monoisotopic (exact) mass is 165 g/mol. The summed E-state index contributed by atoms with van der Waals surface area (Å²) in [6, 6.07) is 0. The quantitative estimate of drug-likeness (QED) is 0.587. The molecule has 2 heteroatoms. The smallest absolute Gasteiger partial charge is 0.293 e. The van der Waals surface area contributed by atoms with Crippen molar-refractivity contribution >= 4 is 5.91 Å². The van der Waals surface area contributed by atoms with Crippen LogP contribution in [0.15, 0.2) is 0 Å². The molecule has 2 N–H and O–H groups in total. The van der Waals surface area contributed by atoms with Crippen molar-refractivity contribution in [3.8, 4) is 11.8 Å². The molecule has 0 atom stereocenters. The minimum absolute atomic E-state index is 0.509. The van der Waals surface area contributed by atoms with E-state index in [9.17, 15) is 4.79 Å². The van der Waals surface area contributed by atoms with E-state index in [4.69, 9.17) is 5.73 Å². The fourth-order valence-electron chi connectivity index (χ4n) is 1.67. The van der Waals surface area contributed by atoms with Crippen LogP contribution >= 0.6 is 0 Å². The number of carbonyl (C=O) groups excluding carboxylic acids is 1. The number of hydrogen-bond acceptors (Lipinski definition) is 1. The number of rotatable bonds is 1. The standard InChI is InChI=1S/C10H15NO/c11-10(12)8-4-7-9-5-2-1-3-6-9/h9H,1-3,5-7H2,(H2,11,12). The predicted molar refractivity (Wildman–Crippen MR) is 48.2 cm³/mol. The Morgan fingerprint density at radius 1 is 1.33 bits per heavy atom. The van der Waals surface area contributed by atoms with Gasteiger partial charge >= 0.3 is 0 Å². The molecule has 0 bridgehead atoms. The van der Waals surface area contributed by atoms with Gasteiger partial charge in [-0.1, -0.05) is 25.2 Å². The fraction of sp³-hybridized carbons (Fsp3) is 0.700. The molecule has 1 rings (SSSR count). The molecule has 1 aliphatic carbocycles. The van der Waals surface area contributed by atoms with Gasteiger partial charge < -0.3 is 5.73 Å². The van der Waals surface area contributed by atoms with Gasteiger partial charge in [0.1, 0.15) is 0 Å². The summed E-state index contributed by atoms with van der Waals surface area (Å²) in [5, 5.41) is 0. The van der Waals surface area contributed by atoms with Crippen LogP contribution in [0, 0.1) is 17.8 Å². The molecular formula is C10H15NO. The molecule has 66 valence electrons. The van der Waals surface area contributed by atoms with E-state index in [2.05, 4.69) is 11.8 Å². The zero-order chi connectivity index (χ0) is 8.81. The van der Waals surface area contributed by atoms with Crippen LogP contribution in [0.1, 0.15) is 38.5 Å². The first-order valence-electron chi connectivity index (χ1n) is 4.57. The molecule has 2 nitrogen and oxygen atoms in total. The number of amides is 1. The average Bonchev–Trinajstić information content (AvgIpc) is 2.05. The molecule has 1 fully saturated rings. The maximum absolute atomic E-state index is 10.3. The van der Waals surface area contributed by atoms with Crippen LogP contribution in [0.3, 0.4) is 0 Å². The second kappa shape index (κ2) is 4.82. The van der Waals surface area contributed by atoms with Gasteiger partial charge in [0.05, 0.1) is 0 Å². The lowest BCUT2D eigenvalue weighted by Gasteiger charge is -2.18. The van der Waals surface area contributed by atoms with Crippen molar-refractivity contribution in [2.75, 3.05) is 0 Å². The van der Waals surface area contributed by atoms with E-state index in [-0.39, 0.29) is 0 Å². The Morgan fingerprint density at radius 3 is 2.58 bits per heavy atom. The van der Waals surface area contributed by atoms with Gasteiger partial charge in [0, 0.05) is 6.42 Å². The zero-order valence-electron chi connectivity index (χ0n) is 7.31. The van der Waals surface area contributed by atoms with E-state index in [0.29, 0.717) is 5.92 Å². The fourth-order valence-corrected chi connectivity index (χ4v) is 1.67. The lowest BCUT2D eigenvalue weighted by molar-refractivity contribution is -0.112. The highest BCUT2D eigenvalue weighted by atomic mass is 16.1. The van der Waals surface area contributed by atoms with Crippen molar-refractivity contribution < 1.29 is 4.79 Å². The molecule has 0 aromatic carbocycles. The van der Waals surface area contributed by atoms with E-state index in [1.165, 1.54) is 32.1 Å². The molecule has 0 aliphatic heterocycles. The number of nitrogens with two attached hydrogens (primary N) is 1. The van der Waals surface area contributed by atoms with Gasteiger partial charge in [0.2, 0.25) is 0 Å². The number of hydrogen-bond donors (Lipinski definition) is 1. The Morgan fingerprint density at radius 2 is 2.00 bits per heavy atom. The summed E-state index contributed by atoms with van der Waals surface area (Å²) in [6.07, 6.45) is 7.40. The zero-order valence-corrected chi connectivity index (χ0v) is 7.31. The average molecular weight is 165 g/mol. The summed E-state index contributed by atoms with van der Waals surface area (Å²) < 4.78 is 0. The maximum atomic E-state index is 10.3. The lowest BCUT2D eigenvalue weighted by Crippen LogP contribution is -2.08.